The van der Waals surface area contributed by atoms with Crippen molar-refractivity contribution in [2.45, 2.75) is 6.04 Å². The Morgan fingerprint density at radius 1 is 1.47 bits per heavy atom. The number of para-hydroxylation sites is 1. The average Bonchev–Trinajstić information content (AvgIpc) is 2.49. The number of ether oxygens (including phenoxy) is 1. The second-order valence-electron chi connectivity index (χ2n) is 4.63. The molecule has 5 heteroatoms. The number of hydrogen-bond donors (Lipinski definition) is 2. The zero-order valence-electron chi connectivity index (χ0n) is 11.3. The lowest BCUT2D eigenvalue weighted by atomic mass is 10.2. The van der Waals surface area contributed by atoms with E-state index in [0.717, 1.165) is 18.8 Å². The molecule has 1 saturated heterocycles. The standard InChI is InChI=1S/C14H21N3O2/c1-17(12-5-3-2-4-6-12)9-7-16-14(18)13-11-19-10-8-15-13/h2-6,13,15H,7-11H2,1H3,(H,16,18). The molecule has 0 spiro atoms. The van der Waals surface area contributed by atoms with E-state index >= 15 is 0 Å². The highest BCUT2D eigenvalue weighted by atomic mass is 16.5. The van der Waals surface area contributed by atoms with Crippen LogP contribution in [0.4, 0.5) is 5.69 Å². The summed E-state index contributed by atoms with van der Waals surface area (Å²) in [6.07, 6.45) is 0. The monoisotopic (exact) mass is 263 g/mol. The predicted molar refractivity (Wildman–Crippen MR) is 75.3 cm³/mol. The third-order valence-electron chi connectivity index (χ3n) is 3.18. The van der Waals surface area contributed by atoms with Gasteiger partial charge in [0.1, 0.15) is 6.04 Å². The molecular formula is C14H21N3O2. The normalized spacial score (nSPS) is 18.9. The molecule has 0 aromatic heterocycles. The Morgan fingerprint density at radius 3 is 2.95 bits per heavy atom. The summed E-state index contributed by atoms with van der Waals surface area (Å²) in [6.45, 7) is 3.29. The van der Waals surface area contributed by atoms with Gasteiger partial charge in [-0.15, -0.1) is 0 Å². The van der Waals surface area contributed by atoms with E-state index in [2.05, 4.69) is 27.7 Å². The minimum Gasteiger partial charge on any atom is -0.378 e. The molecule has 0 aliphatic carbocycles. The van der Waals surface area contributed by atoms with Crippen LogP contribution in [0.3, 0.4) is 0 Å². The predicted octanol–water partition coefficient (Wildman–Crippen LogP) is 0.227. The van der Waals surface area contributed by atoms with E-state index in [1.165, 1.54) is 0 Å². The van der Waals surface area contributed by atoms with Gasteiger partial charge in [-0.3, -0.25) is 4.79 Å². The first-order valence-corrected chi connectivity index (χ1v) is 6.62. The fourth-order valence-corrected chi connectivity index (χ4v) is 2.02. The van der Waals surface area contributed by atoms with Crippen LogP contribution < -0.4 is 15.5 Å². The summed E-state index contributed by atoms with van der Waals surface area (Å²) in [5.41, 5.74) is 1.15. The Morgan fingerprint density at radius 2 is 2.26 bits per heavy atom. The molecule has 5 nitrogen and oxygen atoms in total. The summed E-state index contributed by atoms with van der Waals surface area (Å²) < 4.78 is 5.27. The van der Waals surface area contributed by atoms with Crippen LogP contribution in [0.5, 0.6) is 0 Å². The Kier molecular flexibility index (Phi) is 5.18. The molecule has 1 atom stereocenters. The summed E-state index contributed by atoms with van der Waals surface area (Å²) in [7, 11) is 2.02. The van der Waals surface area contributed by atoms with Crippen molar-refractivity contribution in [1.29, 1.82) is 0 Å². The maximum absolute atomic E-state index is 11.8. The number of amides is 1. The lowest BCUT2D eigenvalue weighted by Gasteiger charge is -2.24. The van der Waals surface area contributed by atoms with Crippen LogP contribution in [0.2, 0.25) is 0 Å². The first-order valence-electron chi connectivity index (χ1n) is 6.62. The fraction of sp³-hybridized carbons (Fsp3) is 0.500. The summed E-state index contributed by atoms with van der Waals surface area (Å²) in [4.78, 5) is 14.0. The molecule has 0 bridgehead atoms. The zero-order valence-corrected chi connectivity index (χ0v) is 11.3. The second kappa shape index (κ2) is 7.11. The summed E-state index contributed by atoms with van der Waals surface area (Å²) >= 11 is 0. The van der Waals surface area contributed by atoms with Crippen molar-refractivity contribution < 1.29 is 9.53 Å². The number of carbonyl (C=O) groups is 1. The van der Waals surface area contributed by atoms with Crippen LogP contribution in [-0.2, 0) is 9.53 Å². The van der Waals surface area contributed by atoms with E-state index in [9.17, 15) is 4.79 Å². The molecule has 1 aliphatic rings. The highest BCUT2D eigenvalue weighted by Crippen LogP contribution is 2.09. The molecule has 1 aliphatic heterocycles. The summed E-state index contributed by atoms with van der Waals surface area (Å²) in [6, 6.07) is 9.90. The largest absolute Gasteiger partial charge is 0.378 e. The minimum absolute atomic E-state index is 0.0150. The quantitative estimate of drug-likeness (QED) is 0.798. The molecule has 1 heterocycles. The van der Waals surface area contributed by atoms with Crippen LogP contribution in [0, 0.1) is 0 Å². The van der Waals surface area contributed by atoms with Crippen LogP contribution in [0.1, 0.15) is 0 Å². The second-order valence-corrected chi connectivity index (χ2v) is 4.63. The highest BCUT2D eigenvalue weighted by molar-refractivity contribution is 5.82. The molecule has 0 saturated carbocycles. The number of nitrogens with one attached hydrogen (secondary N) is 2. The van der Waals surface area contributed by atoms with Crippen molar-refractivity contribution >= 4 is 11.6 Å². The van der Waals surface area contributed by atoms with E-state index in [1.54, 1.807) is 0 Å². The van der Waals surface area contributed by atoms with Gasteiger partial charge >= 0.3 is 0 Å². The van der Waals surface area contributed by atoms with Gasteiger partial charge in [-0.2, -0.15) is 0 Å². The highest BCUT2D eigenvalue weighted by Gasteiger charge is 2.20. The van der Waals surface area contributed by atoms with Crippen LogP contribution >= 0.6 is 0 Å². The van der Waals surface area contributed by atoms with Crippen molar-refractivity contribution in [2.75, 3.05) is 44.8 Å². The first-order chi connectivity index (χ1) is 9.27. The van der Waals surface area contributed by atoms with Gasteiger partial charge in [0.15, 0.2) is 0 Å². The Hall–Kier alpha value is -1.59. The lowest BCUT2D eigenvalue weighted by molar-refractivity contribution is -0.125. The Labute approximate surface area is 113 Å². The van der Waals surface area contributed by atoms with Gasteiger partial charge in [0.25, 0.3) is 0 Å². The van der Waals surface area contributed by atoms with Gasteiger partial charge in [0.05, 0.1) is 13.2 Å². The van der Waals surface area contributed by atoms with Gasteiger partial charge in [-0.25, -0.2) is 0 Å². The van der Waals surface area contributed by atoms with Gasteiger partial charge in [-0.05, 0) is 12.1 Å². The lowest BCUT2D eigenvalue weighted by Crippen LogP contribution is -2.52. The molecule has 2 rings (SSSR count). The number of carbonyl (C=O) groups excluding carboxylic acids is 1. The summed E-state index contributed by atoms with van der Waals surface area (Å²) in [5.74, 6) is 0.0150. The van der Waals surface area contributed by atoms with Crippen LogP contribution in [0.25, 0.3) is 0 Å². The maximum Gasteiger partial charge on any atom is 0.239 e. The maximum atomic E-state index is 11.8. The van der Waals surface area contributed by atoms with E-state index in [-0.39, 0.29) is 11.9 Å². The third kappa shape index (κ3) is 4.22. The van der Waals surface area contributed by atoms with Crippen LogP contribution in [-0.4, -0.2) is 51.8 Å². The number of likely N-dealkylation sites (N-methyl/N-ethyl adjacent to an activating group) is 1. The van der Waals surface area contributed by atoms with Crippen molar-refractivity contribution in [3.05, 3.63) is 30.3 Å². The van der Waals surface area contributed by atoms with E-state index in [0.29, 0.717) is 19.8 Å². The SMILES string of the molecule is CN(CCNC(=O)C1COCCN1)c1ccccc1. The van der Waals surface area contributed by atoms with Crippen LogP contribution in [0.15, 0.2) is 30.3 Å². The Balaban J connectivity index is 1.69. The summed E-state index contributed by atoms with van der Waals surface area (Å²) in [5, 5.41) is 6.07. The van der Waals surface area contributed by atoms with Crippen molar-refractivity contribution in [1.82, 2.24) is 10.6 Å². The average molecular weight is 263 g/mol. The number of anilines is 1. The molecular weight excluding hydrogens is 242 g/mol. The molecule has 19 heavy (non-hydrogen) atoms. The van der Waals surface area contributed by atoms with E-state index < -0.39 is 0 Å². The molecule has 1 unspecified atom stereocenters. The first kappa shape index (κ1) is 13.8. The van der Waals surface area contributed by atoms with Crippen molar-refractivity contribution in [2.24, 2.45) is 0 Å². The number of nitrogens with zero attached hydrogens (tertiary/aromatic N) is 1. The topological polar surface area (TPSA) is 53.6 Å². The van der Waals surface area contributed by atoms with E-state index in [4.69, 9.17) is 4.74 Å². The minimum atomic E-state index is -0.212. The third-order valence-corrected chi connectivity index (χ3v) is 3.18. The number of benzene rings is 1. The molecule has 1 amide bonds. The van der Waals surface area contributed by atoms with Gasteiger partial charge in [-0.1, -0.05) is 18.2 Å². The van der Waals surface area contributed by atoms with E-state index in [1.807, 2.05) is 25.2 Å². The Bertz CT molecular complexity index is 391. The molecule has 0 radical (unpaired) electrons. The number of morpholine rings is 1. The van der Waals surface area contributed by atoms with Gasteiger partial charge < -0.3 is 20.3 Å². The van der Waals surface area contributed by atoms with Gasteiger partial charge in [0, 0.05) is 32.4 Å². The molecule has 2 N–H and O–H groups in total. The fourth-order valence-electron chi connectivity index (χ4n) is 2.02. The molecule has 1 aromatic rings. The molecule has 1 aromatic carbocycles. The zero-order chi connectivity index (χ0) is 13.5. The smallest absolute Gasteiger partial charge is 0.239 e. The number of rotatable bonds is 5. The molecule has 104 valence electrons. The van der Waals surface area contributed by atoms with Crippen molar-refractivity contribution in [3.63, 3.8) is 0 Å². The molecule has 1 fully saturated rings. The van der Waals surface area contributed by atoms with Gasteiger partial charge in [0.2, 0.25) is 5.91 Å². The van der Waals surface area contributed by atoms with Crippen molar-refractivity contribution in [3.8, 4) is 0 Å². The number of hydrogen-bond acceptors (Lipinski definition) is 4.